The molecule has 7 nitrogen and oxygen atoms in total. The van der Waals surface area contributed by atoms with E-state index >= 15 is 0 Å². The Hall–Kier alpha value is -0.890. The minimum Gasteiger partial charge on any atom is -0.378 e. The lowest BCUT2D eigenvalue weighted by Crippen LogP contribution is -2.24. The summed E-state index contributed by atoms with van der Waals surface area (Å²) in [4.78, 5) is 11.0. The van der Waals surface area contributed by atoms with E-state index in [0.29, 0.717) is 26.4 Å². The van der Waals surface area contributed by atoms with E-state index in [-0.39, 0.29) is 0 Å². The zero-order valence-corrected chi connectivity index (χ0v) is 7.34. The topological polar surface area (TPSA) is 72.5 Å². The van der Waals surface area contributed by atoms with Crippen molar-refractivity contribution in [3.05, 3.63) is 0 Å². The normalized spacial score (nSPS) is 24.0. The van der Waals surface area contributed by atoms with Crippen LogP contribution in [-0.2, 0) is 28.4 Å². The molecule has 0 aliphatic carbocycles. The van der Waals surface area contributed by atoms with Crippen LogP contribution in [0, 0.1) is 0 Å². The highest BCUT2D eigenvalue weighted by Crippen LogP contribution is 2.10. The fraction of sp³-hybridized carbons (Fsp3) is 0.857. The molecular formula is C7H10O7. The molecule has 2 heterocycles. The van der Waals surface area contributed by atoms with Gasteiger partial charge in [-0.1, -0.05) is 0 Å². The summed E-state index contributed by atoms with van der Waals surface area (Å²) in [6.45, 7) is -0.376. The van der Waals surface area contributed by atoms with E-state index in [0.717, 1.165) is 0 Å². The van der Waals surface area contributed by atoms with Crippen LogP contribution in [0.25, 0.3) is 0 Å². The fourth-order valence-electron chi connectivity index (χ4n) is 0.995. The second-order valence-corrected chi connectivity index (χ2v) is 2.55. The quantitative estimate of drug-likeness (QED) is 0.579. The highest BCUT2D eigenvalue weighted by molar-refractivity contribution is 5.59. The molecule has 0 aromatic heterocycles. The van der Waals surface area contributed by atoms with Crippen LogP contribution in [0.15, 0.2) is 0 Å². The predicted octanol–water partition coefficient (Wildman–Crippen LogP) is -0.200. The zero-order chi connectivity index (χ0) is 9.80. The summed E-state index contributed by atoms with van der Waals surface area (Å²) in [6, 6.07) is 0. The maximum Gasteiger partial charge on any atom is 0.516 e. The molecule has 0 unspecified atom stereocenters. The van der Waals surface area contributed by atoms with Crippen molar-refractivity contribution >= 4 is 6.16 Å². The first-order chi connectivity index (χ1) is 6.84. The molecular weight excluding hydrogens is 196 g/mol. The summed E-state index contributed by atoms with van der Waals surface area (Å²) in [5.41, 5.74) is 0. The molecule has 0 spiro atoms. The van der Waals surface area contributed by atoms with Gasteiger partial charge in [0.1, 0.15) is 0 Å². The van der Waals surface area contributed by atoms with Crippen LogP contribution >= 0.6 is 0 Å². The molecule has 2 saturated heterocycles. The number of carbonyl (C=O) groups excluding carboxylic acids is 1. The highest BCUT2D eigenvalue weighted by atomic mass is 17.0. The summed E-state index contributed by atoms with van der Waals surface area (Å²) in [7, 11) is 0. The van der Waals surface area contributed by atoms with Crippen molar-refractivity contribution in [2.75, 3.05) is 26.4 Å². The van der Waals surface area contributed by atoms with Gasteiger partial charge in [0.15, 0.2) is 0 Å². The van der Waals surface area contributed by atoms with E-state index in [1.165, 1.54) is 0 Å². The van der Waals surface area contributed by atoms with Crippen LogP contribution in [0.1, 0.15) is 0 Å². The largest absolute Gasteiger partial charge is 0.516 e. The SMILES string of the molecule is O=C(OC1OCCO1)OC1OCCO1. The van der Waals surface area contributed by atoms with E-state index in [1.807, 2.05) is 0 Å². The number of carbonyl (C=O) groups is 1. The van der Waals surface area contributed by atoms with Crippen molar-refractivity contribution in [2.45, 2.75) is 13.0 Å². The number of ether oxygens (including phenoxy) is 6. The number of hydrogen-bond donors (Lipinski definition) is 0. The smallest absolute Gasteiger partial charge is 0.378 e. The molecule has 0 aromatic rings. The average Bonchev–Trinajstić information content (AvgIpc) is 2.76. The van der Waals surface area contributed by atoms with Gasteiger partial charge in [0.05, 0.1) is 26.4 Å². The van der Waals surface area contributed by atoms with Crippen LogP contribution in [0.5, 0.6) is 0 Å². The van der Waals surface area contributed by atoms with E-state index < -0.39 is 19.1 Å². The summed E-state index contributed by atoms with van der Waals surface area (Å²) < 4.78 is 28.7. The van der Waals surface area contributed by atoms with Gasteiger partial charge in [-0.3, -0.25) is 0 Å². The standard InChI is InChI=1S/C7H10O7/c8-5(13-6-9-1-2-10-6)14-7-11-3-4-12-7/h6-7H,1-4H2. The predicted molar refractivity (Wildman–Crippen MR) is 39.0 cm³/mol. The van der Waals surface area contributed by atoms with Crippen LogP contribution in [-0.4, -0.2) is 45.5 Å². The minimum atomic E-state index is -0.982. The Kier molecular flexibility index (Phi) is 3.14. The molecule has 2 fully saturated rings. The van der Waals surface area contributed by atoms with Gasteiger partial charge in [0.25, 0.3) is 0 Å². The third kappa shape index (κ3) is 2.55. The molecule has 0 saturated carbocycles. The highest BCUT2D eigenvalue weighted by Gasteiger charge is 2.26. The maximum absolute atomic E-state index is 11.0. The Bertz CT molecular complexity index is 174. The van der Waals surface area contributed by atoms with Gasteiger partial charge in [0.2, 0.25) is 0 Å². The lowest BCUT2D eigenvalue weighted by Gasteiger charge is -2.12. The number of hydrogen-bond acceptors (Lipinski definition) is 7. The third-order valence-electron chi connectivity index (χ3n) is 1.57. The third-order valence-corrected chi connectivity index (χ3v) is 1.57. The van der Waals surface area contributed by atoms with Gasteiger partial charge < -0.3 is 28.4 Å². The van der Waals surface area contributed by atoms with Crippen LogP contribution in [0.4, 0.5) is 4.79 Å². The molecule has 14 heavy (non-hydrogen) atoms. The van der Waals surface area contributed by atoms with Crippen molar-refractivity contribution in [3.8, 4) is 0 Å². The van der Waals surface area contributed by atoms with Crippen molar-refractivity contribution in [3.63, 3.8) is 0 Å². The van der Waals surface area contributed by atoms with Crippen LogP contribution < -0.4 is 0 Å². The molecule has 7 heteroatoms. The molecule has 2 rings (SSSR count). The molecule has 0 aromatic carbocycles. The van der Waals surface area contributed by atoms with Gasteiger partial charge in [-0.25, -0.2) is 4.79 Å². The molecule has 0 bridgehead atoms. The summed E-state index contributed by atoms with van der Waals surface area (Å²) >= 11 is 0. The monoisotopic (exact) mass is 206 g/mol. The fourth-order valence-corrected chi connectivity index (χ4v) is 0.995. The first-order valence-corrected chi connectivity index (χ1v) is 4.18. The van der Waals surface area contributed by atoms with E-state index in [2.05, 4.69) is 9.47 Å². The second-order valence-electron chi connectivity index (χ2n) is 2.55. The molecule has 0 radical (unpaired) electrons. The van der Waals surface area contributed by atoms with E-state index in [9.17, 15) is 4.79 Å². The van der Waals surface area contributed by atoms with Crippen LogP contribution in [0.2, 0.25) is 0 Å². The first kappa shape index (κ1) is 9.66. The maximum atomic E-state index is 11.0. The summed E-state index contributed by atoms with van der Waals surface area (Å²) in [6.07, 6.45) is -0.941. The lowest BCUT2D eigenvalue weighted by molar-refractivity contribution is -0.245. The zero-order valence-electron chi connectivity index (χ0n) is 7.34. The molecule has 2 aliphatic heterocycles. The second kappa shape index (κ2) is 4.56. The van der Waals surface area contributed by atoms with Gasteiger partial charge >= 0.3 is 19.1 Å². The van der Waals surface area contributed by atoms with Gasteiger partial charge in [0, 0.05) is 0 Å². The van der Waals surface area contributed by atoms with Crippen LogP contribution in [0.3, 0.4) is 0 Å². The van der Waals surface area contributed by atoms with Crippen molar-refractivity contribution in [1.82, 2.24) is 0 Å². The average molecular weight is 206 g/mol. The van der Waals surface area contributed by atoms with Crippen molar-refractivity contribution in [2.24, 2.45) is 0 Å². The Balaban J connectivity index is 1.66. The van der Waals surface area contributed by atoms with Gasteiger partial charge in [-0.05, 0) is 0 Å². The summed E-state index contributed by atoms with van der Waals surface area (Å²) in [5, 5.41) is 0. The minimum absolute atomic E-state index is 0.397. The molecule has 80 valence electrons. The van der Waals surface area contributed by atoms with Crippen molar-refractivity contribution in [1.29, 1.82) is 0 Å². The molecule has 0 N–H and O–H groups in total. The Labute approximate surface area is 79.8 Å². The van der Waals surface area contributed by atoms with E-state index in [1.54, 1.807) is 0 Å². The Morgan fingerprint density at radius 2 is 1.21 bits per heavy atom. The lowest BCUT2D eigenvalue weighted by atomic mass is 10.8. The molecule has 2 aliphatic rings. The number of rotatable bonds is 2. The first-order valence-electron chi connectivity index (χ1n) is 4.18. The van der Waals surface area contributed by atoms with E-state index in [4.69, 9.17) is 18.9 Å². The molecule has 0 atom stereocenters. The van der Waals surface area contributed by atoms with Gasteiger partial charge in [-0.2, -0.15) is 0 Å². The summed E-state index contributed by atoms with van der Waals surface area (Å²) in [5.74, 6) is 0. The Morgan fingerprint density at radius 1 is 0.857 bits per heavy atom. The van der Waals surface area contributed by atoms with Gasteiger partial charge in [-0.15, -0.1) is 0 Å². The molecule has 0 amide bonds. The van der Waals surface area contributed by atoms with Crippen molar-refractivity contribution < 1.29 is 33.2 Å². The Morgan fingerprint density at radius 3 is 1.57 bits per heavy atom.